The quantitative estimate of drug-likeness (QED) is 0.603. The molecule has 0 atom stereocenters. The van der Waals surface area contributed by atoms with Gasteiger partial charge in [-0.1, -0.05) is 26.2 Å². The van der Waals surface area contributed by atoms with Gasteiger partial charge in [0.1, 0.15) is 5.00 Å². The van der Waals surface area contributed by atoms with Crippen molar-refractivity contribution in [2.75, 3.05) is 11.9 Å². The standard InChI is InChI=1S/C22H33NO3S/c1-3-5-8-15-11-13-16(14-12-15)20(24)23-21-19(22(25)26-4-2)17-9-6-7-10-18(17)27-21/h15-16H,3-14H2,1-2H3,(H,23,24). The van der Waals surface area contributed by atoms with Crippen LogP contribution in [0.15, 0.2) is 0 Å². The van der Waals surface area contributed by atoms with Crippen molar-refractivity contribution in [3.63, 3.8) is 0 Å². The molecule has 1 saturated carbocycles. The molecule has 0 unspecified atom stereocenters. The fourth-order valence-corrected chi connectivity index (χ4v) is 5.77. The Hall–Kier alpha value is -1.36. The van der Waals surface area contributed by atoms with Crippen LogP contribution in [-0.2, 0) is 22.4 Å². The molecule has 1 N–H and O–H groups in total. The van der Waals surface area contributed by atoms with Crippen molar-refractivity contribution in [1.29, 1.82) is 0 Å². The average Bonchev–Trinajstić information content (AvgIpc) is 3.04. The van der Waals surface area contributed by atoms with Crippen molar-refractivity contribution in [2.45, 2.75) is 84.5 Å². The van der Waals surface area contributed by atoms with Crippen LogP contribution in [0, 0.1) is 11.8 Å². The molecule has 0 spiro atoms. The van der Waals surface area contributed by atoms with Gasteiger partial charge < -0.3 is 10.1 Å². The summed E-state index contributed by atoms with van der Waals surface area (Å²) in [5.41, 5.74) is 1.74. The van der Waals surface area contributed by atoms with E-state index in [0.717, 1.165) is 67.8 Å². The number of amides is 1. The van der Waals surface area contributed by atoms with Gasteiger partial charge in [0.25, 0.3) is 0 Å². The first kappa shape index (κ1) is 20.4. The van der Waals surface area contributed by atoms with Crippen LogP contribution in [0.5, 0.6) is 0 Å². The number of fused-ring (bicyclic) bond motifs is 1. The van der Waals surface area contributed by atoms with E-state index in [-0.39, 0.29) is 17.8 Å². The highest BCUT2D eigenvalue weighted by Crippen LogP contribution is 2.39. The molecule has 150 valence electrons. The third-order valence-corrected chi connectivity index (χ3v) is 7.28. The topological polar surface area (TPSA) is 55.4 Å². The Morgan fingerprint density at radius 3 is 2.56 bits per heavy atom. The normalized spacial score (nSPS) is 22.1. The molecule has 27 heavy (non-hydrogen) atoms. The Bertz CT molecular complexity index is 659. The molecule has 3 rings (SSSR count). The summed E-state index contributed by atoms with van der Waals surface area (Å²) in [6.45, 7) is 4.42. The summed E-state index contributed by atoms with van der Waals surface area (Å²) in [5, 5.41) is 3.83. The van der Waals surface area contributed by atoms with Crippen molar-refractivity contribution < 1.29 is 14.3 Å². The molecule has 0 saturated heterocycles. The van der Waals surface area contributed by atoms with Crippen LogP contribution in [-0.4, -0.2) is 18.5 Å². The van der Waals surface area contributed by atoms with Gasteiger partial charge in [-0.2, -0.15) is 0 Å². The lowest BCUT2D eigenvalue weighted by molar-refractivity contribution is -0.121. The van der Waals surface area contributed by atoms with Crippen LogP contribution >= 0.6 is 11.3 Å². The first-order valence-electron chi connectivity index (χ1n) is 10.8. The monoisotopic (exact) mass is 391 g/mol. The van der Waals surface area contributed by atoms with Gasteiger partial charge >= 0.3 is 5.97 Å². The molecule has 2 aliphatic rings. The lowest BCUT2D eigenvalue weighted by Crippen LogP contribution is -2.27. The number of carbonyl (C=O) groups is 2. The Kier molecular flexibility index (Phi) is 7.33. The number of unbranched alkanes of at least 4 members (excludes halogenated alkanes) is 1. The van der Waals surface area contributed by atoms with Crippen molar-refractivity contribution >= 4 is 28.2 Å². The van der Waals surface area contributed by atoms with Crippen molar-refractivity contribution in [2.24, 2.45) is 11.8 Å². The molecule has 1 aromatic rings. The zero-order valence-electron chi connectivity index (χ0n) is 16.8. The van der Waals surface area contributed by atoms with E-state index < -0.39 is 0 Å². The highest BCUT2D eigenvalue weighted by atomic mass is 32.1. The summed E-state index contributed by atoms with van der Waals surface area (Å²) in [6, 6.07) is 0. The number of hydrogen-bond donors (Lipinski definition) is 1. The number of hydrogen-bond acceptors (Lipinski definition) is 4. The summed E-state index contributed by atoms with van der Waals surface area (Å²) in [7, 11) is 0. The Morgan fingerprint density at radius 2 is 1.85 bits per heavy atom. The number of ether oxygens (including phenoxy) is 1. The van der Waals surface area contributed by atoms with Crippen LogP contribution in [0.2, 0.25) is 0 Å². The lowest BCUT2D eigenvalue weighted by atomic mass is 9.79. The second-order valence-electron chi connectivity index (χ2n) is 7.98. The fourth-order valence-electron chi connectivity index (χ4n) is 4.49. The van der Waals surface area contributed by atoms with E-state index in [9.17, 15) is 9.59 Å². The molecule has 1 amide bonds. The van der Waals surface area contributed by atoms with Gasteiger partial charge in [-0.05, 0) is 69.8 Å². The van der Waals surface area contributed by atoms with Crippen LogP contribution in [0.4, 0.5) is 5.00 Å². The summed E-state index contributed by atoms with van der Waals surface area (Å²) >= 11 is 1.59. The van der Waals surface area contributed by atoms with Gasteiger partial charge in [-0.15, -0.1) is 11.3 Å². The van der Waals surface area contributed by atoms with Crippen LogP contribution in [0.25, 0.3) is 0 Å². The molecule has 0 radical (unpaired) electrons. The third-order valence-electron chi connectivity index (χ3n) is 6.07. The summed E-state index contributed by atoms with van der Waals surface area (Å²) in [4.78, 5) is 26.7. The van der Waals surface area contributed by atoms with E-state index in [1.54, 1.807) is 11.3 Å². The molecule has 0 aliphatic heterocycles. The first-order chi connectivity index (χ1) is 13.1. The zero-order chi connectivity index (χ0) is 19.2. The predicted molar refractivity (Wildman–Crippen MR) is 111 cm³/mol. The highest BCUT2D eigenvalue weighted by Gasteiger charge is 2.30. The van der Waals surface area contributed by atoms with Gasteiger partial charge in [0, 0.05) is 10.8 Å². The summed E-state index contributed by atoms with van der Waals surface area (Å²) < 4.78 is 5.29. The lowest BCUT2D eigenvalue weighted by Gasteiger charge is -2.27. The third kappa shape index (κ3) is 4.92. The smallest absolute Gasteiger partial charge is 0.341 e. The minimum Gasteiger partial charge on any atom is -0.462 e. The molecule has 1 heterocycles. The minimum absolute atomic E-state index is 0.0806. The van der Waals surface area contributed by atoms with Crippen molar-refractivity contribution in [3.05, 3.63) is 16.0 Å². The fraction of sp³-hybridized carbons (Fsp3) is 0.727. The second-order valence-corrected chi connectivity index (χ2v) is 9.09. The Morgan fingerprint density at radius 1 is 1.11 bits per heavy atom. The average molecular weight is 392 g/mol. The summed E-state index contributed by atoms with van der Waals surface area (Å²) in [5.74, 6) is 0.679. The van der Waals surface area contributed by atoms with Gasteiger partial charge in [-0.25, -0.2) is 4.79 Å². The molecule has 5 heteroatoms. The predicted octanol–water partition coefficient (Wildman–Crippen LogP) is 5.74. The summed E-state index contributed by atoms with van der Waals surface area (Å²) in [6.07, 6.45) is 12.3. The number of anilines is 1. The largest absolute Gasteiger partial charge is 0.462 e. The zero-order valence-corrected chi connectivity index (χ0v) is 17.6. The van der Waals surface area contributed by atoms with E-state index in [2.05, 4.69) is 12.2 Å². The van der Waals surface area contributed by atoms with Gasteiger partial charge in [0.15, 0.2) is 0 Å². The molecule has 4 nitrogen and oxygen atoms in total. The molecule has 1 fully saturated rings. The Labute approximate surface area is 167 Å². The van der Waals surface area contributed by atoms with Gasteiger partial charge in [0.2, 0.25) is 5.91 Å². The van der Waals surface area contributed by atoms with E-state index in [0.29, 0.717) is 12.2 Å². The molecule has 2 aliphatic carbocycles. The van der Waals surface area contributed by atoms with E-state index >= 15 is 0 Å². The number of carbonyl (C=O) groups excluding carboxylic acids is 2. The molecule has 1 aromatic heterocycles. The highest BCUT2D eigenvalue weighted by molar-refractivity contribution is 7.17. The number of nitrogens with one attached hydrogen (secondary N) is 1. The maximum atomic E-state index is 12.9. The van der Waals surface area contributed by atoms with Gasteiger partial charge in [-0.3, -0.25) is 4.79 Å². The van der Waals surface area contributed by atoms with Gasteiger partial charge in [0.05, 0.1) is 12.2 Å². The van der Waals surface area contributed by atoms with E-state index in [4.69, 9.17) is 4.74 Å². The number of rotatable bonds is 7. The SMILES string of the molecule is CCCCC1CCC(C(=O)Nc2sc3c(c2C(=O)OCC)CCCC3)CC1. The van der Waals surface area contributed by atoms with E-state index in [1.165, 1.54) is 24.1 Å². The second kappa shape index (κ2) is 9.72. The molecular formula is C22H33NO3S. The minimum atomic E-state index is -0.282. The van der Waals surface area contributed by atoms with Crippen LogP contribution in [0.1, 0.15) is 92.4 Å². The molecule has 0 aromatic carbocycles. The maximum absolute atomic E-state index is 12.9. The van der Waals surface area contributed by atoms with Crippen molar-refractivity contribution in [1.82, 2.24) is 0 Å². The molecule has 0 bridgehead atoms. The maximum Gasteiger partial charge on any atom is 0.341 e. The Balaban J connectivity index is 1.67. The van der Waals surface area contributed by atoms with E-state index in [1.807, 2.05) is 6.92 Å². The number of thiophene rings is 1. The molecular weight excluding hydrogens is 358 g/mol. The first-order valence-corrected chi connectivity index (χ1v) is 11.6. The van der Waals surface area contributed by atoms with Crippen molar-refractivity contribution in [3.8, 4) is 0 Å². The number of aryl methyl sites for hydroxylation is 1. The number of esters is 1. The van der Waals surface area contributed by atoms with Crippen LogP contribution < -0.4 is 5.32 Å². The van der Waals surface area contributed by atoms with Crippen LogP contribution in [0.3, 0.4) is 0 Å².